The molecular formula is C40H52F2N8O8S2. The average molecular weight is 875 g/mol. The highest BCUT2D eigenvalue weighted by molar-refractivity contribution is 7.90. The smallest absolute Gasteiger partial charge is 0.277 e. The van der Waals surface area contributed by atoms with Crippen LogP contribution >= 0.6 is 0 Å². The van der Waals surface area contributed by atoms with Crippen LogP contribution in [0.25, 0.3) is 11.4 Å². The highest BCUT2D eigenvalue weighted by Gasteiger charge is 2.32. The predicted molar refractivity (Wildman–Crippen MR) is 226 cm³/mol. The van der Waals surface area contributed by atoms with Crippen LogP contribution in [0.4, 0.5) is 20.2 Å². The zero-order valence-corrected chi connectivity index (χ0v) is 35.7. The van der Waals surface area contributed by atoms with Gasteiger partial charge in [0, 0.05) is 69.9 Å². The van der Waals surface area contributed by atoms with Crippen molar-refractivity contribution in [2.45, 2.75) is 57.1 Å². The monoisotopic (exact) mass is 874 g/mol. The minimum absolute atomic E-state index is 0.0983. The lowest BCUT2D eigenvalue weighted by atomic mass is 10.1. The fourth-order valence-electron chi connectivity index (χ4n) is 6.83. The normalized spacial score (nSPS) is 16.2. The maximum Gasteiger partial charge on any atom is 0.277 e. The van der Waals surface area contributed by atoms with Gasteiger partial charge in [0.2, 0.25) is 20.0 Å². The number of allylic oxidation sites excluding steroid dienone is 1. The van der Waals surface area contributed by atoms with Gasteiger partial charge in [0.25, 0.3) is 11.1 Å². The first kappa shape index (κ1) is 46.2. The zero-order valence-electron chi connectivity index (χ0n) is 34.1. The predicted octanol–water partition coefficient (Wildman–Crippen LogP) is 2.09. The number of aliphatic hydroxyl groups is 2. The third kappa shape index (κ3) is 10.4. The molecule has 2 aromatic heterocycles. The molecule has 0 unspecified atom stereocenters. The summed E-state index contributed by atoms with van der Waals surface area (Å²) in [5.41, 5.74) is 1.99. The van der Waals surface area contributed by atoms with Crippen LogP contribution in [-0.2, 0) is 32.9 Å². The van der Waals surface area contributed by atoms with Gasteiger partial charge in [-0.05, 0) is 82.6 Å². The van der Waals surface area contributed by atoms with Crippen LogP contribution < -0.4 is 20.9 Å². The van der Waals surface area contributed by atoms with E-state index in [1.165, 1.54) is 68.0 Å². The van der Waals surface area contributed by atoms with Crippen molar-refractivity contribution >= 4 is 31.4 Å². The summed E-state index contributed by atoms with van der Waals surface area (Å²) in [4.78, 5) is 30.0. The number of hydrogen-bond donors (Lipinski definition) is 2. The summed E-state index contributed by atoms with van der Waals surface area (Å²) < 4.78 is 81.3. The van der Waals surface area contributed by atoms with Gasteiger partial charge in [-0.2, -0.15) is 28.2 Å². The van der Waals surface area contributed by atoms with E-state index in [2.05, 4.69) is 16.8 Å². The van der Waals surface area contributed by atoms with Crippen LogP contribution in [0.3, 0.4) is 0 Å². The van der Waals surface area contributed by atoms with E-state index in [9.17, 15) is 45.4 Å². The van der Waals surface area contributed by atoms with Crippen LogP contribution in [0.1, 0.15) is 38.8 Å². The average Bonchev–Trinajstić information content (AvgIpc) is 3.23. The van der Waals surface area contributed by atoms with Gasteiger partial charge >= 0.3 is 0 Å². The second-order valence-electron chi connectivity index (χ2n) is 14.9. The molecule has 0 saturated carbocycles. The number of piperazine rings is 2. The molecule has 2 N–H and O–H groups in total. The molecule has 2 saturated heterocycles. The minimum atomic E-state index is -3.37. The molecule has 4 aromatic rings. The van der Waals surface area contributed by atoms with Crippen LogP contribution in [-0.4, -0.2) is 131 Å². The Bertz CT molecular complexity index is 2450. The number of hydrogen-bond acceptors (Lipinski definition) is 12. The third-order valence-electron chi connectivity index (χ3n) is 10.3. The summed E-state index contributed by atoms with van der Waals surface area (Å²) in [6, 6.07) is 10.8. The number of nitrogens with zero attached hydrogens (tertiary/aromatic N) is 8. The second kappa shape index (κ2) is 19.7. The number of aliphatic hydroxyl groups excluding tert-OH is 2. The molecule has 4 heterocycles. The van der Waals surface area contributed by atoms with E-state index in [4.69, 9.17) is 0 Å². The topological polar surface area (TPSA) is 191 Å². The Hall–Kier alpha value is -4.86. The molecule has 16 nitrogen and oxygen atoms in total. The van der Waals surface area contributed by atoms with E-state index in [0.717, 1.165) is 4.68 Å². The van der Waals surface area contributed by atoms with Gasteiger partial charge in [0.1, 0.15) is 11.6 Å². The lowest BCUT2D eigenvalue weighted by Gasteiger charge is -2.36. The Balaban J connectivity index is 0.000000228. The highest BCUT2D eigenvalue weighted by Crippen LogP contribution is 2.24. The fourth-order valence-corrected chi connectivity index (χ4v) is 9.37. The van der Waals surface area contributed by atoms with E-state index in [0.29, 0.717) is 74.0 Å². The van der Waals surface area contributed by atoms with Gasteiger partial charge in [-0.1, -0.05) is 6.08 Å². The van der Waals surface area contributed by atoms with Gasteiger partial charge in [-0.25, -0.2) is 25.6 Å². The van der Waals surface area contributed by atoms with Crippen molar-refractivity contribution in [2.24, 2.45) is 0 Å². The number of sulfonamides is 2. The molecule has 2 aliphatic heterocycles. The summed E-state index contributed by atoms with van der Waals surface area (Å²) in [6.07, 6.45) is 3.85. The van der Waals surface area contributed by atoms with Gasteiger partial charge in [0.15, 0.2) is 0 Å². The van der Waals surface area contributed by atoms with Gasteiger partial charge in [0.05, 0.1) is 58.4 Å². The largest absolute Gasteiger partial charge is 0.394 e. The summed E-state index contributed by atoms with van der Waals surface area (Å²) in [7, 11) is -6.67. The van der Waals surface area contributed by atoms with Gasteiger partial charge in [-0.15, -0.1) is 6.58 Å². The Labute approximate surface area is 348 Å². The van der Waals surface area contributed by atoms with Crippen molar-refractivity contribution < 1.29 is 35.8 Å². The molecule has 60 heavy (non-hydrogen) atoms. The molecular weight excluding hydrogens is 823 g/mol. The zero-order chi connectivity index (χ0) is 43.9. The molecule has 20 heteroatoms. The number of anilines is 2. The van der Waals surface area contributed by atoms with Crippen LogP contribution in [0.15, 0.2) is 83.2 Å². The number of benzene rings is 2. The van der Waals surface area contributed by atoms with Crippen molar-refractivity contribution in [3.8, 4) is 11.4 Å². The van der Waals surface area contributed by atoms with E-state index in [1.54, 1.807) is 40.0 Å². The lowest BCUT2D eigenvalue weighted by molar-refractivity contribution is 0.0952. The van der Waals surface area contributed by atoms with Gasteiger partial charge < -0.3 is 20.0 Å². The summed E-state index contributed by atoms with van der Waals surface area (Å²) in [5.74, 6) is -0.836. The fraction of sp³-hybridized carbons (Fsp3) is 0.450. The third-order valence-corrected chi connectivity index (χ3v) is 14.9. The maximum atomic E-state index is 13.3. The Morgan fingerprint density at radius 1 is 0.667 bits per heavy atom. The van der Waals surface area contributed by atoms with Crippen molar-refractivity contribution in [3.05, 3.63) is 117 Å². The second-order valence-corrected chi connectivity index (χ2v) is 19.9. The molecule has 0 bridgehead atoms. The molecule has 0 amide bonds. The van der Waals surface area contributed by atoms with Crippen LogP contribution in [0.2, 0.25) is 0 Å². The summed E-state index contributed by atoms with van der Waals surface area (Å²) in [5, 5.41) is 26.8. The molecule has 0 radical (unpaired) electrons. The maximum absolute atomic E-state index is 13.3. The SMILES string of the molecule is C=CCc1c(N2CCN(S(=O)(=O)C(C)C)CC2)cnn(-c2ccc(F)cc2)c1=O.CC(C)S(=O)(=O)N1CCN(c2cnn(-c3ccc(F)cc3)c(=O)c2C[C@H](O)CO)CC1. The quantitative estimate of drug-likeness (QED) is 0.186. The number of halogens is 2. The first-order chi connectivity index (χ1) is 28.4. The number of aromatic nitrogens is 4. The standard InChI is InChI=1S/C20H27FN4O5S.C20H25FN4O3S/c1-14(2)31(29,30)24-9-7-23(8-10-24)19-12-22-25(16-5-3-15(21)4-6-16)20(28)18(19)11-17(27)13-26;1-4-5-18-19(23-10-12-24(13-11-23)29(27,28)15(2)3)14-22-25(20(18)26)17-8-6-16(21)7-9-17/h3-6,12,14,17,26-27H,7-11,13H2,1-2H3;4,6-9,14-15H,1,5,10-13H2,2-3H3/t17-;/m0./s1. The van der Waals surface area contributed by atoms with E-state index < -0.39 is 54.6 Å². The Morgan fingerprint density at radius 2 is 1.03 bits per heavy atom. The first-order valence-corrected chi connectivity index (χ1v) is 22.5. The van der Waals surface area contributed by atoms with E-state index in [1.807, 2.05) is 9.80 Å². The molecule has 2 aliphatic rings. The molecule has 2 fully saturated rings. The minimum Gasteiger partial charge on any atom is -0.394 e. The van der Waals surface area contributed by atoms with Gasteiger partial charge in [-0.3, -0.25) is 9.59 Å². The molecule has 0 spiro atoms. The van der Waals surface area contributed by atoms with Crippen molar-refractivity contribution in [1.29, 1.82) is 0 Å². The Morgan fingerprint density at radius 3 is 1.38 bits per heavy atom. The van der Waals surface area contributed by atoms with Crippen LogP contribution in [0.5, 0.6) is 0 Å². The first-order valence-electron chi connectivity index (χ1n) is 19.5. The van der Waals surface area contributed by atoms with Crippen molar-refractivity contribution in [3.63, 3.8) is 0 Å². The van der Waals surface area contributed by atoms with E-state index in [-0.39, 0.29) is 36.5 Å². The summed E-state index contributed by atoms with van der Waals surface area (Å²) >= 11 is 0. The highest BCUT2D eigenvalue weighted by atomic mass is 32.2. The molecule has 1 atom stereocenters. The van der Waals surface area contributed by atoms with Crippen molar-refractivity contribution in [1.82, 2.24) is 28.2 Å². The Kier molecular flexibility index (Phi) is 15.2. The molecule has 6 rings (SSSR count). The summed E-state index contributed by atoms with van der Waals surface area (Å²) in [6.45, 7) is 12.7. The molecule has 2 aromatic carbocycles. The molecule has 326 valence electrons. The number of rotatable bonds is 13. The molecule has 0 aliphatic carbocycles. The lowest BCUT2D eigenvalue weighted by Crippen LogP contribution is -2.51. The van der Waals surface area contributed by atoms with Crippen LogP contribution in [0, 0.1) is 11.6 Å². The van der Waals surface area contributed by atoms with E-state index >= 15 is 0 Å². The van der Waals surface area contributed by atoms with Crippen molar-refractivity contribution in [2.75, 3.05) is 68.8 Å².